The molecule has 0 bridgehead atoms. The van der Waals surface area contributed by atoms with Gasteiger partial charge >= 0.3 is 0 Å². The smallest absolute Gasteiger partial charge is 0.238 e. The Hall–Kier alpha value is -0.610. The molecule has 15 heavy (non-hydrogen) atoms. The van der Waals surface area contributed by atoms with E-state index in [-0.39, 0.29) is 11.9 Å². The Morgan fingerprint density at radius 3 is 3.00 bits per heavy atom. The van der Waals surface area contributed by atoms with E-state index in [4.69, 9.17) is 0 Å². The molecule has 0 radical (unpaired) electrons. The number of amides is 1. The first-order valence-electron chi connectivity index (χ1n) is 5.96. The molecule has 1 amide bonds. The van der Waals surface area contributed by atoms with Gasteiger partial charge in [0.1, 0.15) is 6.04 Å². The second-order valence-electron chi connectivity index (χ2n) is 4.08. The molecule has 1 rings (SSSR count). The SMILES string of the molecule is CCCCCN1CCNCC1C(=O)NC. The average molecular weight is 213 g/mol. The highest BCUT2D eigenvalue weighted by molar-refractivity contribution is 5.81. The Morgan fingerprint density at radius 1 is 1.53 bits per heavy atom. The van der Waals surface area contributed by atoms with Gasteiger partial charge in [-0.15, -0.1) is 0 Å². The van der Waals surface area contributed by atoms with E-state index in [2.05, 4.69) is 22.5 Å². The summed E-state index contributed by atoms with van der Waals surface area (Å²) in [5.74, 6) is 0.138. The van der Waals surface area contributed by atoms with Crippen molar-refractivity contribution in [3.8, 4) is 0 Å². The number of piperazine rings is 1. The van der Waals surface area contributed by atoms with Crippen LogP contribution in [0.3, 0.4) is 0 Å². The lowest BCUT2D eigenvalue weighted by molar-refractivity contribution is -0.126. The van der Waals surface area contributed by atoms with E-state index >= 15 is 0 Å². The van der Waals surface area contributed by atoms with Crippen molar-refractivity contribution < 1.29 is 4.79 Å². The first-order valence-corrected chi connectivity index (χ1v) is 5.96. The Kier molecular flexibility index (Phi) is 5.65. The zero-order valence-corrected chi connectivity index (χ0v) is 9.88. The molecular formula is C11H23N3O. The second kappa shape index (κ2) is 6.80. The molecule has 4 nitrogen and oxygen atoms in total. The number of hydrogen-bond acceptors (Lipinski definition) is 3. The topological polar surface area (TPSA) is 44.4 Å². The molecule has 1 aliphatic heterocycles. The molecule has 88 valence electrons. The van der Waals surface area contributed by atoms with Gasteiger partial charge in [-0.25, -0.2) is 0 Å². The van der Waals surface area contributed by atoms with Gasteiger partial charge in [-0.3, -0.25) is 9.69 Å². The quantitative estimate of drug-likeness (QED) is 0.641. The summed E-state index contributed by atoms with van der Waals surface area (Å²) in [6.45, 7) is 6.02. The van der Waals surface area contributed by atoms with Crippen molar-refractivity contribution in [2.75, 3.05) is 33.2 Å². The molecule has 2 N–H and O–H groups in total. The molecule has 4 heteroatoms. The molecule has 1 unspecified atom stereocenters. The minimum absolute atomic E-state index is 0.0283. The van der Waals surface area contributed by atoms with E-state index in [0.717, 1.165) is 26.2 Å². The van der Waals surface area contributed by atoms with E-state index in [1.807, 2.05) is 0 Å². The van der Waals surface area contributed by atoms with Crippen LogP contribution in [0.5, 0.6) is 0 Å². The second-order valence-corrected chi connectivity index (χ2v) is 4.08. The highest BCUT2D eigenvalue weighted by atomic mass is 16.2. The van der Waals surface area contributed by atoms with E-state index in [9.17, 15) is 4.79 Å². The van der Waals surface area contributed by atoms with Gasteiger partial charge in [-0.1, -0.05) is 19.8 Å². The van der Waals surface area contributed by atoms with Gasteiger partial charge in [-0.2, -0.15) is 0 Å². The molecule has 0 aromatic carbocycles. The highest BCUT2D eigenvalue weighted by Crippen LogP contribution is 2.06. The van der Waals surface area contributed by atoms with Crippen molar-refractivity contribution in [2.45, 2.75) is 32.2 Å². The van der Waals surface area contributed by atoms with Crippen LogP contribution in [0, 0.1) is 0 Å². The van der Waals surface area contributed by atoms with Gasteiger partial charge in [0.2, 0.25) is 5.91 Å². The lowest BCUT2D eigenvalue weighted by Gasteiger charge is -2.34. The lowest BCUT2D eigenvalue weighted by Crippen LogP contribution is -2.57. The lowest BCUT2D eigenvalue weighted by atomic mass is 10.1. The van der Waals surface area contributed by atoms with Crippen molar-refractivity contribution in [1.82, 2.24) is 15.5 Å². The number of carbonyl (C=O) groups excluding carboxylic acids is 1. The van der Waals surface area contributed by atoms with Crippen molar-refractivity contribution >= 4 is 5.91 Å². The van der Waals surface area contributed by atoms with Gasteiger partial charge in [0.25, 0.3) is 0 Å². The van der Waals surface area contributed by atoms with Crippen LogP contribution in [0.4, 0.5) is 0 Å². The zero-order chi connectivity index (χ0) is 11.1. The monoisotopic (exact) mass is 213 g/mol. The Bertz CT molecular complexity index is 196. The Morgan fingerprint density at radius 2 is 2.33 bits per heavy atom. The summed E-state index contributed by atoms with van der Waals surface area (Å²) in [5.41, 5.74) is 0. The summed E-state index contributed by atoms with van der Waals surface area (Å²) >= 11 is 0. The fourth-order valence-corrected chi connectivity index (χ4v) is 2.00. The van der Waals surface area contributed by atoms with Crippen LogP contribution in [0.15, 0.2) is 0 Å². The van der Waals surface area contributed by atoms with E-state index in [1.165, 1.54) is 19.3 Å². The number of likely N-dealkylation sites (N-methyl/N-ethyl adjacent to an activating group) is 1. The third kappa shape index (κ3) is 3.80. The van der Waals surface area contributed by atoms with Gasteiger partial charge in [0.15, 0.2) is 0 Å². The van der Waals surface area contributed by atoms with Crippen LogP contribution in [0.2, 0.25) is 0 Å². The first kappa shape index (κ1) is 12.5. The predicted octanol–water partition coefficient (Wildman–Crippen LogP) is 0.196. The summed E-state index contributed by atoms with van der Waals surface area (Å²) < 4.78 is 0. The molecule has 1 heterocycles. The molecule has 0 aromatic heterocycles. The summed E-state index contributed by atoms with van der Waals surface area (Å²) in [6, 6.07) is 0.0283. The summed E-state index contributed by atoms with van der Waals surface area (Å²) in [5, 5.41) is 6.00. The van der Waals surface area contributed by atoms with Crippen LogP contribution in [-0.4, -0.2) is 50.1 Å². The number of nitrogens with zero attached hydrogens (tertiary/aromatic N) is 1. The molecule has 1 saturated heterocycles. The number of unbranched alkanes of at least 4 members (excludes halogenated alkanes) is 2. The maximum absolute atomic E-state index is 11.6. The zero-order valence-electron chi connectivity index (χ0n) is 9.88. The first-order chi connectivity index (χ1) is 7.29. The van der Waals surface area contributed by atoms with Crippen molar-refractivity contribution in [3.05, 3.63) is 0 Å². The largest absolute Gasteiger partial charge is 0.358 e. The molecule has 1 aliphatic rings. The standard InChI is InChI=1S/C11H23N3O/c1-3-4-5-7-14-8-6-13-9-10(14)11(15)12-2/h10,13H,3-9H2,1-2H3,(H,12,15). The van der Waals surface area contributed by atoms with E-state index in [1.54, 1.807) is 7.05 Å². The Labute approximate surface area is 92.4 Å². The highest BCUT2D eigenvalue weighted by Gasteiger charge is 2.26. The van der Waals surface area contributed by atoms with Gasteiger partial charge < -0.3 is 10.6 Å². The van der Waals surface area contributed by atoms with Crippen LogP contribution in [0.1, 0.15) is 26.2 Å². The fraction of sp³-hybridized carbons (Fsp3) is 0.909. The normalized spacial score (nSPS) is 22.7. The van der Waals surface area contributed by atoms with Crippen molar-refractivity contribution in [2.24, 2.45) is 0 Å². The molecular weight excluding hydrogens is 190 g/mol. The number of hydrogen-bond donors (Lipinski definition) is 2. The molecule has 0 aromatic rings. The van der Waals surface area contributed by atoms with Crippen molar-refractivity contribution in [3.63, 3.8) is 0 Å². The predicted molar refractivity (Wildman–Crippen MR) is 61.8 cm³/mol. The van der Waals surface area contributed by atoms with E-state index < -0.39 is 0 Å². The third-order valence-electron chi connectivity index (χ3n) is 2.95. The maximum atomic E-state index is 11.6. The molecule has 1 fully saturated rings. The van der Waals surface area contributed by atoms with Gasteiger partial charge in [-0.05, 0) is 13.0 Å². The van der Waals surface area contributed by atoms with Crippen LogP contribution in [0.25, 0.3) is 0 Å². The number of rotatable bonds is 5. The summed E-state index contributed by atoms with van der Waals surface area (Å²) in [7, 11) is 1.71. The molecule has 0 aliphatic carbocycles. The Balaban J connectivity index is 2.39. The number of carbonyl (C=O) groups is 1. The van der Waals surface area contributed by atoms with Gasteiger partial charge in [0, 0.05) is 26.7 Å². The molecule has 0 spiro atoms. The summed E-state index contributed by atoms with van der Waals surface area (Å²) in [4.78, 5) is 13.9. The minimum atomic E-state index is 0.0283. The van der Waals surface area contributed by atoms with Crippen LogP contribution >= 0.6 is 0 Å². The number of nitrogens with one attached hydrogen (secondary N) is 2. The molecule has 0 saturated carbocycles. The van der Waals surface area contributed by atoms with Crippen LogP contribution < -0.4 is 10.6 Å². The third-order valence-corrected chi connectivity index (χ3v) is 2.95. The minimum Gasteiger partial charge on any atom is -0.358 e. The fourth-order valence-electron chi connectivity index (χ4n) is 2.00. The summed E-state index contributed by atoms with van der Waals surface area (Å²) in [6.07, 6.45) is 3.69. The molecule has 1 atom stereocenters. The van der Waals surface area contributed by atoms with Crippen LogP contribution in [-0.2, 0) is 4.79 Å². The van der Waals surface area contributed by atoms with Crippen molar-refractivity contribution in [1.29, 1.82) is 0 Å². The van der Waals surface area contributed by atoms with E-state index in [0.29, 0.717) is 0 Å². The average Bonchev–Trinajstić information content (AvgIpc) is 2.29. The van der Waals surface area contributed by atoms with Gasteiger partial charge in [0.05, 0.1) is 0 Å². The maximum Gasteiger partial charge on any atom is 0.238 e.